The second-order valence-corrected chi connectivity index (χ2v) is 4.85. The Kier molecular flexibility index (Phi) is 3.91. The zero-order chi connectivity index (χ0) is 13.8. The van der Waals surface area contributed by atoms with Gasteiger partial charge in [-0.2, -0.15) is 4.98 Å². The number of primary amides is 1. The third-order valence-corrected chi connectivity index (χ3v) is 3.55. The van der Waals surface area contributed by atoms with Crippen LogP contribution in [0.5, 0.6) is 0 Å². The minimum absolute atomic E-state index is 0.0783. The van der Waals surface area contributed by atoms with Crippen molar-refractivity contribution in [1.29, 1.82) is 0 Å². The number of hydrogen-bond acceptors (Lipinski definition) is 6. The van der Waals surface area contributed by atoms with Crippen LogP contribution in [0.3, 0.4) is 0 Å². The fourth-order valence-corrected chi connectivity index (χ4v) is 2.23. The van der Waals surface area contributed by atoms with Crippen LogP contribution in [0.1, 0.15) is 38.0 Å². The molecule has 0 spiro atoms. The first-order chi connectivity index (χ1) is 9.10. The number of aromatic nitrogens is 2. The van der Waals surface area contributed by atoms with E-state index in [9.17, 15) is 9.59 Å². The van der Waals surface area contributed by atoms with Crippen molar-refractivity contribution in [2.45, 2.75) is 19.9 Å². The standard InChI is InChI=1S/C11H12N4O3S/c1-2-6-3-4-7(19-6)10(17)13-5-8-14-11(9(12)16)18-15-8/h3-4H,2,5H2,1H3,(H2,12,16)(H,13,17). The summed E-state index contributed by atoms with van der Waals surface area (Å²) in [6, 6.07) is 3.68. The van der Waals surface area contributed by atoms with Crippen LogP contribution in [0.2, 0.25) is 0 Å². The highest BCUT2D eigenvalue weighted by Crippen LogP contribution is 2.16. The van der Waals surface area contributed by atoms with Gasteiger partial charge >= 0.3 is 11.8 Å². The Morgan fingerprint density at radius 2 is 2.26 bits per heavy atom. The molecule has 0 aromatic carbocycles. The minimum atomic E-state index is -0.795. The Hall–Kier alpha value is -2.22. The Bertz CT molecular complexity index is 605. The number of amides is 2. The molecule has 2 rings (SSSR count). The van der Waals surface area contributed by atoms with E-state index in [4.69, 9.17) is 5.73 Å². The number of thiophene rings is 1. The summed E-state index contributed by atoms with van der Waals surface area (Å²) in [6.07, 6.45) is 0.894. The van der Waals surface area contributed by atoms with E-state index >= 15 is 0 Å². The van der Waals surface area contributed by atoms with E-state index in [1.54, 1.807) is 6.07 Å². The van der Waals surface area contributed by atoms with Gasteiger partial charge in [-0.15, -0.1) is 11.3 Å². The van der Waals surface area contributed by atoms with Gasteiger partial charge in [0.25, 0.3) is 5.91 Å². The third-order valence-electron chi connectivity index (χ3n) is 2.32. The highest BCUT2D eigenvalue weighted by Gasteiger charge is 2.13. The quantitative estimate of drug-likeness (QED) is 0.838. The Morgan fingerprint density at radius 1 is 1.47 bits per heavy atom. The van der Waals surface area contributed by atoms with E-state index in [0.717, 1.165) is 11.3 Å². The molecule has 2 heterocycles. The van der Waals surface area contributed by atoms with Crippen LogP contribution in [0, 0.1) is 0 Å². The number of nitrogens with one attached hydrogen (secondary N) is 1. The van der Waals surface area contributed by atoms with Crippen molar-refractivity contribution in [1.82, 2.24) is 15.5 Å². The number of rotatable bonds is 5. The van der Waals surface area contributed by atoms with Crippen molar-refractivity contribution in [2.75, 3.05) is 0 Å². The molecule has 3 N–H and O–H groups in total. The summed E-state index contributed by atoms with van der Waals surface area (Å²) in [5.74, 6) is -1.07. The summed E-state index contributed by atoms with van der Waals surface area (Å²) in [5.41, 5.74) is 4.97. The summed E-state index contributed by atoms with van der Waals surface area (Å²) >= 11 is 1.44. The molecule has 0 fully saturated rings. The Balaban J connectivity index is 1.94. The van der Waals surface area contributed by atoms with Gasteiger partial charge in [-0.1, -0.05) is 12.1 Å². The molecule has 2 amide bonds. The molecule has 100 valence electrons. The van der Waals surface area contributed by atoms with Gasteiger partial charge in [0.15, 0.2) is 5.82 Å². The van der Waals surface area contributed by atoms with Crippen LogP contribution in [0.15, 0.2) is 16.7 Å². The molecule has 0 aliphatic rings. The van der Waals surface area contributed by atoms with E-state index in [1.165, 1.54) is 11.3 Å². The van der Waals surface area contributed by atoms with E-state index in [-0.39, 0.29) is 24.2 Å². The molecule has 2 aromatic rings. The topological polar surface area (TPSA) is 111 Å². The maximum Gasteiger partial charge on any atom is 0.315 e. The van der Waals surface area contributed by atoms with Crippen molar-refractivity contribution >= 4 is 23.2 Å². The van der Waals surface area contributed by atoms with Crippen molar-refractivity contribution in [3.63, 3.8) is 0 Å². The summed E-state index contributed by atoms with van der Waals surface area (Å²) < 4.78 is 4.60. The predicted molar refractivity (Wildman–Crippen MR) is 67.7 cm³/mol. The summed E-state index contributed by atoms with van der Waals surface area (Å²) in [7, 11) is 0. The second-order valence-electron chi connectivity index (χ2n) is 3.68. The Morgan fingerprint density at radius 3 is 2.84 bits per heavy atom. The van der Waals surface area contributed by atoms with Crippen LogP contribution < -0.4 is 11.1 Å². The maximum atomic E-state index is 11.8. The molecule has 0 saturated heterocycles. The molecule has 2 aromatic heterocycles. The predicted octanol–water partition coefficient (Wildman–Crippen LogP) is 0.722. The number of carbonyl (C=O) groups excluding carboxylic acids is 2. The molecule has 0 atom stereocenters. The zero-order valence-electron chi connectivity index (χ0n) is 10.2. The molecule has 19 heavy (non-hydrogen) atoms. The van der Waals surface area contributed by atoms with Crippen molar-refractivity contribution in [3.05, 3.63) is 33.6 Å². The van der Waals surface area contributed by atoms with E-state index in [2.05, 4.69) is 20.0 Å². The fourth-order valence-electron chi connectivity index (χ4n) is 1.36. The number of hydrogen-bond donors (Lipinski definition) is 2. The average molecular weight is 280 g/mol. The summed E-state index contributed by atoms with van der Waals surface area (Å²) in [5, 5.41) is 6.17. The minimum Gasteiger partial charge on any atom is -0.361 e. The van der Waals surface area contributed by atoms with E-state index in [1.807, 2.05) is 13.0 Å². The highest BCUT2D eigenvalue weighted by atomic mass is 32.1. The SMILES string of the molecule is CCc1ccc(C(=O)NCc2noc(C(N)=O)n2)s1. The van der Waals surface area contributed by atoms with Crippen LogP contribution in [-0.4, -0.2) is 22.0 Å². The van der Waals surface area contributed by atoms with Gasteiger partial charge in [-0.3, -0.25) is 9.59 Å². The van der Waals surface area contributed by atoms with E-state index < -0.39 is 5.91 Å². The van der Waals surface area contributed by atoms with Gasteiger partial charge < -0.3 is 15.6 Å². The lowest BCUT2D eigenvalue weighted by Gasteiger charge is -1.98. The smallest absolute Gasteiger partial charge is 0.315 e. The number of aryl methyl sites for hydroxylation is 1. The van der Waals surface area contributed by atoms with Gasteiger partial charge in [-0.25, -0.2) is 0 Å². The van der Waals surface area contributed by atoms with E-state index in [0.29, 0.717) is 4.88 Å². The normalized spacial score (nSPS) is 10.4. The number of nitrogens with zero attached hydrogens (tertiary/aromatic N) is 2. The van der Waals surface area contributed by atoms with Crippen LogP contribution in [0.25, 0.3) is 0 Å². The lowest BCUT2D eigenvalue weighted by molar-refractivity contribution is 0.0946. The molecule has 0 saturated carbocycles. The largest absolute Gasteiger partial charge is 0.361 e. The molecule has 7 nitrogen and oxygen atoms in total. The van der Waals surface area contributed by atoms with Crippen molar-refractivity contribution in [3.8, 4) is 0 Å². The van der Waals surface area contributed by atoms with Crippen molar-refractivity contribution < 1.29 is 14.1 Å². The van der Waals surface area contributed by atoms with Gasteiger partial charge in [0.1, 0.15) is 0 Å². The molecule has 0 aliphatic carbocycles. The average Bonchev–Trinajstić information content (AvgIpc) is 3.04. The molecular formula is C11H12N4O3S. The molecular weight excluding hydrogens is 268 g/mol. The third kappa shape index (κ3) is 3.16. The number of carbonyl (C=O) groups is 2. The summed E-state index contributed by atoms with van der Waals surface area (Å²) in [4.78, 5) is 28.1. The second kappa shape index (κ2) is 5.61. The van der Waals surface area contributed by atoms with Gasteiger partial charge in [0.2, 0.25) is 0 Å². The van der Waals surface area contributed by atoms with Crippen LogP contribution >= 0.6 is 11.3 Å². The highest BCUT2D eigenvalue weighted by molar-refractivity contribution is 7.14. The Labute approximate surface area is 112 Å². The van der Waals surface area contributed by atoms with Crippen LogP contribution in [-0.2, 0) is 13.0 Å². The fraction of sp³-hybridized carbons (Fsp3) is 0.273. The lowest BCUT2D eigenvalue weighted by atomic mass is 10.3. The first-order valence-electron chi connectivity index (χ1n) is 5.59. The molecule has 0 bridgehead atoms. The van der Waals surface area contributed by atoms with Gasteiger partial charge in [0, 0.05) is 4.88 Å². The zero-order valence-corrected chi connectivity index (χ0v) is 11.0. The first-order valence-corrected chi connectivity index (χ1v) is 6.41. The van der Waals surface area contributed by atoms with Crippen LogP contribution in [0.4, 0.5) is 0 Å². The monoisotopic (exact) mass is 280 g/mol. The van der Waals surface area contributed by atoms with Gasteiger partial charge in [-0.05, 0) is 18.6 Å². The van der Waals surface area contributed by atoms with Gasteiger partial charge in [0.05, 0.1) is 11.4 Å². The maximum absolute atomic E-state index is 11.8. The molecule has 0 radical (unpaired) electrons. The molecule has 0 unspecified atom stereocenters. The first kappa shape index (κ1) is 13.2. The lowest BCUT2D eigenvalue weighted by Crippen LogP contribution is -2.22. The molecule has 0 aliphatic heterocycles. The molecule has 8 heteroatoms. The van der Waals surface area contributed by atoms with Crippen molar-refractivity contribution in [2.24, 2.45) is 5.73 Å². The number of nitrogens with two attached hydrogens (primary N) is 1. The summed E-state index contributed by atoms with van der Waals surface area (Å²) in [6.45, 7) is 2.10.